The van der Waals surface area contributed by atoms with Gasteiger partial charge in [-0.05, 0) is 43.9 Å². The van der Waals surface area contributed by atoms with Gasteiger partial charge in [-0.25, -0.2) is 9.37 Å². The summed E-state index contributed by atoms with van der Waals surface area (Å²) in [7, 11) is 0. The first kappa shape index (κ1) is 23.4. The standard InChI is InChI=1S/C22H28FN5O4S/c1-12-26-16-10-28(11-18(16)33-12)22(32)20(30)19(29)21(31)25-9-13-4-6-27(7-5-13)17-3-2-14(23)8-15(17)24/h2-3,8,13,19-20,29-30H,4-7,9-11,24H2,1H3,(H,25,31)/t19-,20-/m1/s1. The molecule has 0 radical (unpaired) electrons. The molecule has 9 nitrogen and oxygen atoms in total. The van der Waals surface area contributed by atoms with Gasteiger partial charge in [0, 0.05) is 24.5 Å². The number of carbonyl (C=O) groups excluding carboxylic acids is 2. The van der Waals surface area contributed by atoms with Gasteiger partial charge in [-0.3, -0.25) is 9.59 Å². The maximum Gasteiger partial charge on any atom is 0.255 e. The molecule has 2 amide bonds. The maximum absolute atomic E-state index is 13.3. The Kier molecular flexibility index (Phi) is 6.82. The number of benzene rings is 1. The van der Waals surface area contributed by atoms with E-state index in [1.807, 2.05) is 6.92 Å². The van der Waals surface area contributed by atoms with Gasteiger partial charge in [0.15, 0.2) is 12.2 Å². The summed E-state index contributed by atoms with van der Waals surface area (Å²) in [5.41, 5.74) is 7.90. The maximum atomic E-state index is 13.3. The molecular formula is C22H28FN5O4S. The van der Waals surface area contributed by atoms with Crippen molar-refractivity contribution in [2.45, 2.75) is 45.1 Å². The highest BCUT2D eigenvalue weighted by Crippen LogP contribution is 2.29. The molecule has 0 aliphatic carbocycles. The third-order valence-electron chi connectivity index (χ3n) is 6.20. The summed E-state index contributed by atoms with van der Waals surface area (Å²) in [6, 6.07) is 4.35. The highest BCUT2D eigenvalue weighted by atomic mass is 32.1. The zero-order valence-electron chi connectivity index (χ0n) is 18.3. The molecular weight excluding hydrogens is 449 g/mol. The second-order valence-corrected chi connectivity index (χ2v) is 9.85. The molecule has 178 valence electrons. The molecule has 1 fully saturated rings. The van der Waals surface area contributed by atoms with Crippen LogP contribution in [0.3, 0.4) is 0 Å². The Balaban J connectivity index is 1.22. The van der Waals surface area contributed by atoms with Gasteiger partial charge in [-0.15, -0.1) is 11.3 Å². The molecule has 1 aromatic carbocycles. The lowest BCUT2D eigenvalue weighted by Crippen LogP contribution is -2.50. The molecule has 0 unspecified atom stereocenters. The number of aryl methyl sites for hydroxylation is 1. The third kappa shape index (κ3) is 5.10. The van der Waals surface area contributed by atoms with Crippen molar-refractivity contribution in [3.8, 4) is 0 Å². The van der Waals surface area contributed by atoms with Crippen LogP contribution in [0.25, 0.3) is 0 Å². The largest absolute Gasteiger partial charge is 0.397 e. The Bertz CT molecular complexity index is 1020. The number of nitrogens with zero attached hydrogens (tertiary/aromatic N) is 3. The van der Waals surface area contributed by atoms with Crippen LogP contribution in [0, 0.1) is 18.7 Å². The van der Waals surface area contributed by atoms with Crippen LogP contribution in [0.5, 0.6) is 0 Å². The van der Waals surface area contributed by atoms with Crippen LogP contribution in [0.2, 0.25) is 0 Å². The molecule has 33 heavy (non-hydrogen) atoms. The predicted molar refractivity (Wildman–Crippen MR) is 122 cm³/mol. The fourth-order valence-electron chi connectivity index (χ4n) is 4.33. The van der Waals surface area contributed by atoms with Crippen molar-refractivity contribution in [1.29, 1.82) is 0 Å². The fourth-order valence-corrected chi connectivity index (χ4v) is 5.29. The van der Waals surface area contributed by atoms with E-state index in [-0.39, 0.29) is 18.3 Å². The van der Waals surface area contributed by atoms with E-state index in [1.54, 1.807) is 6.07 Å². The van der Waals surface area contributed by atoms with Crippen LogP contribution in [0.4, 0.5) is 15.8 Å². The number of aromatic nitrogens is 1. The SMILES string of the molecule is Cc1nc2c(s1)CN(C(=O)[C@H](O)[C@@H](O)C(=O)NCC1CCN(c3ccc(F)cc3N)CC1)C2. The lowest BCUT2D eigenvalue weighted by atomic mass is 9.96. The average molecular weight is 478 g/mol. The number of carbonyl (C=O) groups is 2. The number of hydrogen-bond acceptors (Lipinski definition) is 8. The number of halogens is 1. The Morgan fingerprint density at radius 2 is 2.00 bits per heavy atom. The summed E-state index contributed by atoms with van der Waals surface area (Å²) < 4.78 is 13.3. The molecule has 2 atom stereocenters. The number of hydrogen-bond donors (Lipinski definition) is 4. The van der Waals surface area contributed by atoms with Crippen LogP contribution in [0.1, 0.15) is 28.4 Å². The highest BCUT2D eigenvalue weighted by molar-refractivity contribution is 7.11. The summed E-state index contributed by atoms with van der Waals surface area (Å²) in [6.45, 7) is 4.20. The van der Waals surface area contributed by atoms with E-state index >= 15 is 0 Å². The zero-order chi connectivity index (χ0) is 23.7. The number of rotatable bonds is 6. The number of piperidine rings is 1. The van der Waals surface area contributed by atoms with E-state index in [1.165, 1.54) is 28.4 Å². The number of thiazole rings is 1. The van der Waals surface area contributed by atoms with Gasteiger partial charge in [-0.2, -0.15) is 0 Å². The Morgan fingerprint density at radius 1 is 1.27 bits per heavy atom. The van der Waals surface area contributed by atoms with Gasteiger partial charge in [-0.1, -0.05) is 0 Å². The number of aliphatic hydroxyl groups is 2. The predicted octanol–water partition coefficient (Wildman–Crippen LogP) is 0.770. The van der Waals surface area contributed by atoms with Crippen molar-refractivity contribution < 1.29 is 24.2 Å². The minimum absolute atomic E-state index is 0.177. The minimum atomic E-state index is -1.84. The first-order valence-electron chi connectivity index (χ1n) is 10.9. The molecule has 1 saturated heterocycles. The monoisotopic (exact) mass is 477 g/mol. The molecule has 0 saturated carbocycles. The number of amides is 2. The summed E-state index contributed by atoms with van der Waals surface area (Å²) >= 11 is 1.49. The molecule has 3 heterocycles. The average Bonchev–Trinajstić information content (AvgIpc) is 3.34. The van der Waals surface area contributed by atoms with Crippen LogP contribution in [-0.2, 0) is 22.7 Å². The van der Waals surface area contributed by atoms with Crippen molar-refractivity contribution in [3.63, 3.8) is 0 Å². The van der Waals surface area contributed by atoms with E-state index < -0.39 is 24.0 Å². The molecule has 2 aliphatic rings. The molecule has 4 rings (SSSR count). The van der Waals surface area contributed by atoms with Crippen molar-refractivity contribution >= 4 is 34.5 Å². The van der Waals surface area contributed by atoms with Crippen LogP contribution in [-0.4, -0.2) is 63.8 Å². The smallest absolute Gasteiger partial charge is 0.255 e. The van der Waals surface area contributed by atoms with Crippen molar-refractivity contribution in [2.24, 2.45) is 5.92 Å². The molecule has 1 aromatic heterocycles. The van der Waals surface area contributed by atoms with Gasteiger partial charge in [0.1, 0.15) is 5.82 Å². The van der Waals surface area contributed by atoms with E-state index in [0.717, 1.165) is 34.1 Å². The van der Waals surface area contributed by atoms with Crippen molar-refractivity contribution in [3.05, 3.63) is 39.6 Å². The van der Waals surface area contributed by atoms with E-state index in [4.69, 9.17) is 5.73 Å². The molecule has 5 N–H and O–H groups in total. The van der Waals surface area contributed by atoms with Crippen molar-refractivity contribution in [2.75, 3.05) is 30.3 Å². The molecule has 0 bridgehead atoms. The quantitative estimate of drug-likeness (QED) is 0.452. The number of nitrogen functional groups attached to an aromatic ring is 1. The first-order valence-corrected chi connectivity index (χ1v) is 11.7. The van der Waals surface area contributed by atoms with E-state index in [0.29, 0.717) is 31.9 Å². The summed E-state index contributed by atoms with van der Waals surface area (Å²) in [5.74, 6) is -1.66. The summed E-state index contributed by atoms with van der Waals surface area (Å²) in [4.78, 5) is 33.7. The Morgan fingerprint density at radius 3 is 2.67 bits per heavy atom. The summed E-state index contributed by atoms with van der Waals surface area (Å²) in [6.07, 6.45) is -2.12. The van der Waals surface area contributed by atoms with Gasteiger partial charge >= 0.3 is 0 Å². The second-order valence-electron chi connectivity index (χ2n) is 8.57. The lowest BCUT2D eigenvalue weighted by molar-refractivity contribution is -0.153. The summed E-state index contributed by atoms with van der Waals surface area (Å²) in [5, 5.41) is 24.1. The lowest BCUT2D eigenvalue weighted by Gasteiger charge is -2.34. The topological polar surface area (TPSA) is 132 Å². The third-order valence-corrected chi connectivity index (χ3v) is 7.20. The first-order chi connectivity index (χ1) is 15.7. The highest BCUT2D eigenvalue weighted by Gasteiger charge is 2.36. The van der Waals surface area contributed by atoms with E-state index in [9.17, 15) is 24.2 Å². The number of fused-ring (bicyclic) bond motifs is 1. The van der Waals surface area contributed by atoms with Gasteiger partial charge in [0.05, 0.1) is 35.2 Å². The second kappa shape index (κ2) is 9.62. The fraction of sp³-hybridized carbons (Fsp3) is 0.500. The number of aliphatic hydroxyl groups excluding tert-OH is 2. The van der Waals surface area contributed by atoms with Crippen LogP contribution < -0.4 is 16.0 Å². The number of anilines is 2. The van der Waals surface area contributed by atoms with Gasteiger partial charge in [0.2, 0.25) is 0 Å². The minimum Gasteiger partial charge on any atom is -0.397 e. The van der Waals surface area contributed by atoms with Crippen molar-refractivity contribution in [1.82, 2.24) is 15.2 Å². The van der Waals surface area contributed by atoms with Crippen LogP contribution >= 0.6 is 11.3 Å². The van der Waals surface area contributed by atoms with Gasteiger partial charge < -0.3 is 31.1 Å². The van der Waals surface area contributed by atoms with E-state index in [2.05, 4.69) is 15.2 Å². The molecule has 0 spiro atoms. The number of nitrogens with two attached hydrogens (primary N) is 1. The van der Waals surface area contributed by atoms with Gasteiger partial charge in [0.25, 0.3) is 11.8 Å². The molecule has 2 aromatic rings. The molecule has 11 heteroatoms. The Labute approximate surface area is 195 Å². The van der Waals surface area contributed by atoms with Crippen LogP contribution in [0.15, 0.2) is 18.2 Å². The number of nitrogens with one attached hydrogen (secondary N) is 1. The normalized spacial score (nSPS) is 18.2. The zero-order valence-corrected chi connectivity index (χ0v) is 19.1. The Hall–Kier alpha value is -2.76. The molecule has 2 aliphatic heterocycles.